The molecule has 2 heterocycles. The van der Waals surface area contributed by atoms with E-state index in [-0.39, 0.29) is 0 Å². The minimum absolute atomic E-state index is 0.483. The van der Waals surface area contributed by atoms with E-state index in [4.69, 9.17) is 11.6 Å². The van der Waals surface area contributed by atoms with E-state index < -0.39 is 10.2 Å². The highest BCUT2D eigenvalue weighted by molar-refractivity contribution is 7.86. The molecule has 2 fully saturated rings. The van der Waals surface area contributed by atoms with Gasteiger partial charge in [-0.25, -0.2) is 0 Å². The highest BCUT2D eigenvalue weighted by Crippen LogP contribution is 2.26. The number of hydrogen-bond acceptors (Lipinski definition) is 2. The molecule has 1 unspecified atom stereocenters. The first-order chi connectivity index (χ1) is 9.57. The zero-order chi connectivity index (χ0) is 14.6. The first-order valence-electron chi connectivity index (χ1n) is 7.89. The van der Waals surface area contributed by atoms with Gasteiger partial charge in [0.15, 0.2) is 0 Å². The van der Waals surface area contributed by atoms with Crippen LogP contribution in [0.5, 0.6) is 0 Å². The summed E-state index contributed by atoms with van der Waals surface area (Å²) in [6, 6.07) is 0. The molecule has 0 saturated carbocycles. The number of rotatable bonds is 4. The van der Waals surface area contributed by atoms with Crippen molar-refractivity contribution in [2.24, 2.45) is 11.8 Å². The van der Waals surface area contributed by atoms with Crippen molar-refractivity contribution in [2.75, 3.05) is 32.1 Å². The van der Waals surface area contributed by atoms with Crippen LogP contribution in [0.15, 0.2) is 0 Å². The lowest BCUT2D eigenvalue weighted by Gasteiger charge is -2.34. The van der Waals surface area contributed by atoms with Gasteiger partial charge in [0, 0.05) is 32.1 Å². The normalized spacial score (nSPS) is 28.4. The van der Waals surface area contributed by atoms with Gasteiger partial charge in [-0.3, -0.25) is 0 Å². The Morgan fingerprint density at radius 3 is 2.05 bits per heavy atom. The van der Waals surface area contributed by atoms with Crippen molar-refractivity contribution in [2.45, 2.75) is 45.4 Å². The first-order valence-corrected chi connectivity index (χ1v) is 9.82. The average Bonchev–Trinajstić information content (AvgIpc) is 2.73. The fourth-order valence-electron chi connectivity index (χ4n) is 3.24. The lowest BCUT2D eigenvalue weighted by atomic mass is 9.98. The summed E-state index contributed by atoms with van der Waals surface area (Å²) in [7, 11) is -3.25. The third-order valence-corrected chi connectivity index (χ3v) is 7.30. The topological polar surface area (TPSA) is 40.6 Å². The Morgan fingerprint density at radius 2 is 1.50 bits per heavy atom. The molecule has 20 heavy (non-hydrogen) atoms. The van der Waals surface area contributed by atoms with Gasteiger partial charge in [-0.1, -0.05) is 13.3 Å². The lowest BCUT2D eigenvalue weighted by molar-refractivity contribution is 0.266. The molecule has 4 nitrogen and oxygen atoms in total. The molecule has 2 aliphatic rings. The fraction of sp³-hybridized carbons (Fsp3) is 1.00. The number of hydrogen-bond donors (Lipinski definition) is 0. The standard InChI is InChI=1S/C14H27ClN2O2S/c1-2-13-4-3-8-16(9-5-13)20(18,19)17-10-6-14(12-15)7-11-17/h13-14H,2-12H2,1H3. The van der Waals surface area contributed by atoms with Crippen molar-refractivity contribution < 1.29 is 8.42 Å². The molecule has 0 radical (unpaired) electrons. The van der Waals surface area contributed by atoms with E-state index in [1.54, 1.807) is 8.61 Å². The summed E-state index contributed by atoms with van der Waals surface area (Å²) in [6.07, 6.45) is 6.12. The van der Waals surface area contributed by atoms with Gasteiger partial charge in [-0.15, -0.1) is 11.6 Å². The number of piperidine rings is 1. The van der Waals surface area contributed by atoms with Gasteiger partial charge < -0.3 is 0 Å². The second kappa shape index (κ2) is 7.43. The Labute approximate surface area is 128 Å². The predicted molar refractivity (Wildman–Crippen MR) is 83.1 cm³/mol. The van der Waals surface area contributed by atoms with Crippen molar-refractivity contribution in [3.8, 4) is 0 Å². The van der Waals surface area contributed by atoms with Crippen LogP contribution in [0.1, 0.15) is 45.4 Å². The van der Waals surface area contributed by atoms with Crippen LogP contribution in [-0.4, -0.2) is 49.1 Å². The van der Waals surface area contributed by atoms with Gasteiger partial charge in [0.25, 0.3) is 10.2 Å². The number of halogens is 1. The van der Waals surface area contributed by atoms with Crippen LogP contribution >= 0.6 is 11.6 Å². The smallest absolute Gasteiger partial charge is 0.195 e. The third-order valence-electron chi connectivity index (χ3n) is 4.83. The van der Waals surface area contributed by atoms with Crippen LogP contribution in [0, 0.1) is 11.8 Å². The number of alkyl halides is 1. The van der Waals surface area contributed by atoms with Crippen LogP contribution in [0.2, 0.25) is 0 Å². The van der Waals surface area contributed by atoms with E-state index in [1.165, 1.54) is 0 Å². The summed E-state index contributed by atoms with van der Waals surface area (Å²) < 4.78 is 28.8. The van der Waals surface area contributed by atoms with Crippen molar-refractivity contribution in [3.05, 3.63) is 0 Å². The minimum atomic E-state index is -3.25. The fourth-order valence-corrected chi connectivity index (χ4v) is 5.24. The van der Waals surface area contributed by atoms with Gasteiger partial charge in [-0.2, -0.15) is 17.0 Å². The highest BCUT2D eigenvalue weighted by atomic mass is 35.5. The molecule has 0 aromatic heterocycles. The highest BCUT2D eigenvalue weighted by Gasteiger charge is 2.33. The maximum atomic E-state index is 12.7. The van der Waals surface area contributed by atoms with E-state index >= 15 is 0 Å². The second-order valence-corrected chi connectivity index (χ2v) is 8.35. The van der Waals surface area contributed by atoms with Gasteiger partial charge in [-0.05, 0) is 43.9 Å². The molecule has 2 rings (SSSR count). The van der Waals surface area contributed by atoms with Gasteiger partial charge in [0.05, 0.1) is 0 Å². The molecular formula is C14H27ClN2O2S. The van der Waals surface area contributed by atoms with Crippen molar-refractivity contribution in [1.82, 2.24) is 8.61 Å². The first kappa shape index (κ1) is 16.5. The lowest BCUT2D eigenvalue weighted by Crippen LogP contribution is -2.47. The maximum Gasteiger partial charge on any atom is 0.281 e. The predicted octanol–water partition coefficient (Wildman–Crippen LogP) is 2.69. The zero-order valence-electron chi connectivity index (χ0n) is 12.4. The summed E-state index contributed by atoms with van der Waals surface area (Å²) in [4.78, 5) is 0. The monoisotopic (exact) mass is 322 g/mol. The molecule has 1 atom stereocenters. The average molecular weight is 323 g/mol. The molecule has 2 aliphatic heterocycles. The molecular weight excluding hydrogens is 296 g/mol. The molecule has 0 spiro atoms. The molecule has 0 aliphatic carbocycles. The second-order valence-electron chi connectivity index (χ2n) is 6.11. The van der Waals surface area contributed by atoms with Crippen LogP contribution in [0.4, 0.5) is 0 Å². The van der Waals surface area contributed by atoms with Crippen molar-refractivity contribution in [3.63, 3.8) is 0 Å². The molecule has 0 bridgehead atoms. The number of nitrogens with zero attached hydrogens (tertiary/aromatic N) is 2. The van der Waals surface area contributed by atoms with Gasteiger partial charge >= 0.3 is 0 Å². The molecule has 118 valence electrons. The minimum Gasteiger partial charge on any atom is -0.195 e. The van der Waals surface area contributed by atoms with E-state index in [2.05, 4.69) is 6.92 Å². The molecule has 2 saturated heterocycles. The Kier molecular flexibility index (Phi) is 6.14. The molecule has 6 heteroatoms. The third kappa shape index (κ3) is 3.87. The Balaban J connectivity index is 1.96. The Bertz CT molecular complexity index is 394. The maximum absolute atomic E-state index is 12.7. The van der Waals surface area contributed by atoms with E-state index in [1.807, 2.05) is 0 Å². The van der Waals surface area contributed by atoms with Crippen LogP contribution < -0.4 is 0 Å². The summed E-state index contributed by atoms with van der Waals surface area (Å²) in [5, 5.41) is 0. The van der Waals surface area contributed by atoms with Crippen molar-refractivity contribution >= 4 is 21.8 Å². The summed E-state index contributed by atoms with van der Waals surface area (Å²) in [5.41, 5.74) is 0. The largest absolute Gasteiger partial charge is 0.281 e. The van der Waals surface area contributed by atoms with Crippen LogP contribution in [0.25, 0.3) is 0 Å². The molecule has 0 N–H and O–H groups in total. The summed E-state index contributed by atoms with van der Waals surface area (Å²) >= 11 is 5.87. The Hall–Kier alpha value is 0.160. The summed E-state index contributed by atoms with van der Waals surface area (Å²) in [5.74, 6) is 1.82. The van der Waals surface area contributed by atoms with Crippen LogP contribution in [0.3, 0.4) is 0 Å². The van der Waals surface area contributed by atoms with Crippen molar-refractivity contribution in [1.29, 1.82) is 0 Å². The van der Waals surface area contributed by atoms with Gasteiger partial charge in [0.2, 0.25) is 0 Å². The van der Waals surface area contributed by atoms with E-state index in [0.29, 0.717) is 43.9 Å². The molecule has 0 aromatic carbocycles. The van der Waals surface area contributed by atoms with E-state index in [0.717, 1.165) is 38.5 Å². The van der Waals surface area contributed by atoms with E-state index in [9.17, 15) is 8.42 Å². The quantitative estimate of drug-likeness (QED) is 0.747. The molecule has 0 amide bonds. The van der Waals surface area contributed by atoms with Crippen LogP contribution in [-0.2, 0) is 10.2 Å². The van der Waals surface area contributed by atoms with Gasteiger partial charge in [0.1, 0.15) is 0 Å². The zero-order valence-corrected chi connectivity index (χ0v) is 14.0. The molecule has 0 aromatic rings. The Morgan fingerprint density at radius 1 is 0.950 bits per heavy atom. The SMILES string of the molecule is CCC1CCCN(S(=O)(=O)N2CCC(CCl)CC2)CC1. The summed E-state index contributed by atoms with van der Waals surface area (Å²) in [6.45, 7) is 4.84.